The molecule has 0 aromatic heterocycles. The van der Waals surface area contributed by atoms with Gasteiger partial charge in [-0.1, -0.05) is 0 Å². The molecule has 6 heteroatoms. The normalized spacial score (nSPS) is 25.6. The molecule has 1 unspecified atom stereocenters. The highest BCUT2D eigenvalue weighted by Crippen LogP contribution is 2.42. The third-order valence-corrected chi connectivity index (χ3v) is 7.01. The van der Waals surface area contributed by atoms with Crippen LogP contribution in [0.1, 0.15) is 31.2 Å². The lowest BCUT2D eigenvalue weighted by molar-refractivity contribution is 0.511. The first-order valence-electron chi connectivity index (χ1n) is 8.59. The molecule has 0 saturated carbocycles. The average Bonchev–Trinajstić information content (AvgIpc) is 2.81. The van der Waals surface area contributed by atoms with Gasteiger partial charge in [-0.2, -0.15) is 0 Å². The summed E-state index contributed by atoms with van der Waals surface area (Å²) >= 11 is 0. The van der Waals surface area contributed by atoms with E-state index < -0.39 is 15.7 Å². The van der Waals surface area contributed by atoms with Crippen molar-refractivity contribution in [3.8, 4) is 0 Å². The summed E-state index contributed by atoms with van der Waals surface area (Å²) in [6.45, 7) is 3.13. The molecule has 25 heavy (non-hydrogen) atoms. The highest BCUT2D eigenvalue weighted by molar-refractivity contribution is 7.91. The Labute approximate surface area is 147 Å². The van der Waals surface area contributed by atoms with Crippen LogP contribution >= 0.6 is 0 Å². The quantitative estimate of drug-likeness (QED) is 0.807. The van der Waals surface area contributed by atoms with Gasteiger partial charge in [0.05, 0.1) is 9.79 Å². The van der Waals surface area contributed by atoms with E-state index >= 15 is 0 Å². The Morgan fingerprint density at radius 2 is 1.80 bits per heavy atom. The summed E-state index contributed by atoms with van der Waals surface area (Å²) in [7, 11) is -3.65. The molecular formula is C19H21FN2O2S. The number of halogens is 1. The number of hydrogen-bond acceptors (Lipinski definition) is 4. The van der Waals surface area contributed by atoms with E-state index in [1.807, 2.05) is 6.07 Å². The first-order chi connectivity index (χ1) is 11.9. The van der Waals surface area contributed by atoms with E-state index in [9.17, 15) is 12.8 Å². The number of rotatable bonds is 2. The fourth-order valence-corrected chi connectivity index (χ4v) is 5.22. The van der Waals surface area contributed by atoms with Crippen LogP contribution in [0.3, 0.4) is 0 Å². The molecule has 2 aliphatic heterocycles. The number of hydrogen-bond donors (Lipinski definition) is 2. The lowest BCUT2D eigenvalue weighted by atomic mass is 9.89. The van der Waals surface area contributed by atoms with Gasteiger partial charge in [-0.05, 0) is 74.3 Å². The molecule has 2 N–H and O–H groups in total. The predicted octanol–water partition coefficient (Wildman–Crippen LogP) is 3.31. The molecule has 2 heterocycles. The fraction of sp³-hybridized carbons (Fsp3) is 0.368. The van der Waals surface area contributed by atoms with Crippen molar-refractivity contribution in [2.75, 3.05) is 11.9 Å². The van der Waals surface area contributed by atoms with E-state index in [-0.39, 0.29) is 9.79 Å². The zero-order valence-corrected chi connectivity index (χ0v) is 14.8. The highest BCUT2D eigenvalue weighted by Gasteiger charge is 2.35. The number of anilines is 1. The molecule has 0 spiro atoms. The van der Waals surface area contributed by atoms with Crippen LogP contribution in [-0.2, 0) is 9.84 Å². The smallest absolute Gasteiger partial charge is 0.206 e. The van der Waals surface area contributed by atoms with Crippen LogP contribution in [0.4, 0.5) is 10.1 Å². The van der Waals surface area contributed by atoms with E-state index in [1.54, 1.807) is 12.1 Å². The summed E-state index contributed by atoms with van der Waals surface area (Å²) in [6.07, 6.45) is 1.99. The molecule has 4 nitrogen and oxygen atoms in total. The van der Waals surface area contributed by atoms with Gasteiger partial charge in [-0.3, -0.25) is 0 Å². The number of nitrogens with one attached hydrogen (secondary N) is 2. The Morgan fingerprint density at radius 1 is 1.08 bits per heavy atom. The minimum absolute atomic E-state index is 0.118. The summed E-state index contributed by atoms with van der Waals surface area (Å²) < 4.78 is 38.9. The first-order valence-corrected chi connectivity index (χ1v) is 10.1. The van der Waals surface area contributed by atoms with Gasteiger partial charge < -0.3 is 10.6 Å². The average molecular weight is 360 g/mol. The minimum Gasteiger partial charge on any atom is -0.381 e. The lowest BCUT2D eigenvalue weighted by Gasteiger charge is -2.18. The summed E-state index contributed by atoms with van der Waals surface area (Å²) in [5.74, 6) is -0.136. The van der Waals surface area contributed by atoms with E-state index in [0.717, 1.165) is 30.6 Å². The third-order valence-electron chi connectivity index (χ3n) is 5.24. The number of sulfone groups is 1. The molecule has 2 aliphatic rings. The van der Waals surface area contributed by atoms with Crippen LogP contribution in [0, 0.1) is 5.82 Å². The largest absolute Gasteiger partial charge is 0.381 e. The van der Waals surface area contributed by atoms with Crippen molar-refractivity contribution in [3.05, 3.63) is 53.8 Å². The van der Waals surface area contributed by atoms with Crippen LogP contribution in [0.5, 0.6) is 0 Å². The highest BCUT2D eigenvalue weighted by atomic mass is 32.2. The van der Waals surface area contributed by atoms with E-state index in [1.165, 1.54) is 24.3 Å². The SMILES string of the molecule is CC1C[C@@H]2c3cc(S(=O)(=O)c4ccc(F)cc4)ccc3N[C@H]2CCN1. The molecule has 4 rings (SSSR count). The van der Waals surface area contributed by atoms with E-state index in [4.69, 9.17) is 0 Å². The molecule has 0 amide bonds. The maximum atomic E-state index is 13.1. The Morgan fingerprint density at radius 3 is 2.56 bits per heavy atom. The van der Waals surface area contributed by atoms with Crippen molar-refractivity contribution in [2.45, 2.75) is 47.6 Å². The fourth-order valence-electron chi connectivity index (χ4n) is 3.93. The summed E-state index contributed by atoms with van der Waals surface area (Å²) in [5, 5.41) is 7.02. The summed E-state index contributed by atoms with van der Waals surface area (Å²) in [5.41, 5.74) is 2.10. The van der Waals surface area contributed by atoms with E-state index in [0.29, 0.717) is 18.0 Å². The molecule has 132 valence electrons. The maximum absolute atomic E-state index is 13.1. The van der Waals surface area contributed by atoms with Gasteiger partial charge >= 0.3 is 0 Å². The molecule has 2 aromatic carbocycles. The monoisotopic (exact) mass is 360 g/mol. The first kappa shape index (κ1) is 16.5. The minimum atomic E-state index is -3.65. The maximum Gasteiger partial charge on any atom is 0.206 e. The Bertz CT molecular complexity index is 896. The van der Waals surface area contributed by atoms with Crippen molar-refractivity contribution in [1.29, 1.82) is 0 Å². The topological polar surface area (TPSA) is 58.2 Å². The van der Waals surface area contributed by atoms with Crippen molar-refractivity contribution in [1.82, 2.24) is 5.32 Å². The zero-order chi connectivity index (χ0) is 17.6. The summed E-state index contributed by atoms with van der Waals surface area (Å²) in [4.78, 5) is 0.387. The zero-order valence-electron chi connectivity index (χ0n) is 14.0. The predicted molar refractivity (Wildman–Crippen MR) is 95.1 cm³/mol. The van der Waals surface area contributed by atoms with Crippen LogP contribution in [0.2, 0.25) is 0 Å². The molecule has 0 radical (unpaired) electrons. The van der Waals surface area contributed by atoms with Crippen molar-refractivity contribution in [2.24, 2.45) is 0 Å². The van der Waals surface area contributed by atoms with Crippen LogP contribution in [0.25, 0.3) is 0 Å². The molecule has 0 aliphatic carbocycles. The standard InChI is InChI=1S/C19H21FN2O2S/c1-12-10-16-17-11-15(6-7-18(17)22-19(16)8-9-21-12)25(23,24)14-4-2-13(20)3-5-14/h2-7,11-12,16,19,21-22H,8-10H2,1H3/t12?,16-,19+/m1/s1. The van der Waals surface area contributed by atoms with Crippen molar-refractivity contribution >= 4 is 15.5 Å². The molecule has 3 atom stereocenters. The van der Waals surface area contributed by atoms with Crippen LogP contribution < -0.4 is 10.6 Å². The second-order valence-electron chi connectivity index (χ2n) is 6.94. The molecular weight excluding hydrogens is 339 g/mol. The molecule has 1 fully saturated rings. The van der Waals surface area contributed by atoms with Gasteiger partial charge in [-0.15, -0.1) is 0 Å². The van der Waals surface area contributed by atoms with Crippen LogP contribution in [0.15, 0.2) is 52.3 Å². The second-order valence-corrected chi connectivity index (χ2v) is 8.89. The van der Waals surface area contributed by atoms with Gasteiger partial charge in [0.25, 0.3) is 0 Å². The van der Waals surface area contributed by atoms with Gasteiger partial charge in [-0.25, -0.2) is 12.8 Å². The van der Waals surface area contributed by atoms with Gasteiger partial charge in [0.1, 0.15) is 5.82 Å². The number of benzene rings is 2. The molecule has 1 saturated heterocycles. The van der Waals surface area contributed by atoms with Crippen LogP contribution in [-0.4, -0.2) is 27.0 Å². The van der Waals surface area contributed by atoms with Gasteiger partial charge in [0.2, 0.25) is 9.84 Å². The number of fused-ring (bicyclic) bond motifs is 3. The van der Waals surface area contributed by atoms with Gasteiger partial charge in [0, 0.05) is 23.7 Å². The Kier molecular flexibility index (Phi) is 4.04. The Hall–Kier alpha value is -1.92. The third kappa shape index (κ3) is 2.93. The van der Waals surface area contributed by atoms with Crippen molar-refractivity contribution < 1.29 is 12.8 Å². The molecule has 0 bridgehead atoms. The van der Waals surface area contributed by atoms with Crippen molar-refractivity contribution in [3.63, 3.8) is 0 Å². The van der Waals surface area contributed by atoms with E-state index in [2.05, 4.69) is 17.6 Å². The lowest BCUT2D eigenvalue weighted by Crippen LogP contribution is -2.25. The molecule has 2 aromatic rings. The van der Waals surface area contributed by atoms with Gasteiger partial charge in [0.15, 0.2) is 0 Å². The second kappa shape index (κ2) is 6.11. The summed E-state index contributed by atoms with van der Waals surface area (Å²) in [6, 6.07) is 11.0. The Balaban J connectivity index is 1.73.